The van der Waals surface area contributed by atoms with Gasteiger partial charge in [0.15, 0.2) is 5.69 Å². The summed E-state index contributed by atoms with van der Waals surface area (Å²) in [5.41, 5.74) is 3.13. The molecular weight excluding hydrogens is 378 g/mol. The van der Waals surface area contributed by atoms with Crippen LogP contribution >= 0.6 is 11.6 Å². The Bertz CT molecular complexity index is 1210. The number of benzene rings is 2. The first kappa shape index (κ1) is 18.0. The number of aromatic nitrogens is 2. The van der Waals surface area contributed by atoms with Gasteiger partial charge in [0.1, 0.15) is 0 Å². The number of hydrogen-bond donors (Lipinski definition) is 0. The first-order chi connectivity index (χ1) is 13.5. The predicted octanol–water partition coefficient (Wildman–Crippen LogP) is 5.72. The monoisotopic (exact) mass is 393 g/mol. The summed E-state index contributed by atoms with van der Waals surface area (Å²) in [6.07, 6.45) is 5.39. The first-order valence-corrected chi connectivity index (χ1v) is 9.02. The van der Waals surface area contributed by atoms with Crippen LogP contribution in [-0.4, -0.2) is 14.6 Å². The molecule has 0 aliphatic carbocycles. The zero-order valence-electron chi connectivity index (χ0n) is 15.0. The van der Waals surface area contributed by atoms with Crippen LogP contribution < -0.4 is 0 Å². The zero-order chi connectivity index (χ0) is 19.7. The highest BCUT2D eigenvalue weighted by molar-refractivity contribution is 6.31. The highest BCUT2D eigenvalue weighted by Gasteiger charge is 2.22. The smallest absolute Gasteiger partial charge is 0.338 e. The van der Waals surface area contributed by atoms with Gasteiger partial charge in [0.25, 0.3) is 0 Å². The van der Waals surface area contributed by atoms with E-state index in [1.807, 2.05) is 54.7 Å². The van der Waals surface area contributed by atoms with Gasteiger partial charge in [-0.25, -0.2) is 0 Å². The molecule has 140 valence electrons. The molecule has 4 aromatic rings. The summed E-state index contributed by atoms with van der Waals surface area (Å²) in [5, 5.41) is 16.7. The van der Waals surface area contributed by atoms with Crippen LogP contribution in [0.2, 0.25) is 5.02 Å². The molecule has 0 atom stereocenters. The Balaban J connectivity index is 1.75. The summed E-state index contributed by atoms with van der Waals surface area (Å²) < 4.78 is 7.21. The third-order valence-corrected chi connectivity index (χ3v) is 4.94. The van der Waals surface area contributed by atoms with Gasteiger partial charge in [-0.1, -0.05) is 53.2 Å². The van der Waals surface area contributed by atoms with E-state index in [2.05, 4.69) is 9.72 Å². The Labute approximate surface area is 165 Å². The maximum Gasteiger partial charge on any atom is 0.338 e. The molecule has 6 nitrogen and oxygen atoms in total. The molecule has 0 saturated heterocycles. The molecule has 0 aliphatic heterocycles. The molecule has 0 N–H and O–H groups in total. The number of nitrogens with zero attached hydrogens (tertiary/aromatic N) is 3. The Morgan fingerprint density at radius 2 is 1.93 bits per heavy atom. The van der Waals surface area contributed by atoms with Crippen LogP contribution in [0.5, 0.6) is 0 Å². The van der Waals surface area contributed by atoms with Gasteiger partial charge in [-0.05, 0) is 36.8 Å². The molecule has 0 amide bonds. The summed E-state index contributed by atoms with van der Waals surface area (Å²) in [6.45, 7) is 2.17. The van der Waals surface area contributed by atoms with Crippen molar-refractivity contribution in [1.29, 1.82) is 0 Å². The Hall–Kier alpha value is -3.38. The van der Waals surface area contributed by atoms with Crippen molar-refractivity contribution >= 4 is 40.3 Å². The van der Waals surface area contributed by atoms with Crippen molar-refractivity contribution in [2.45, 2.75) is 13.5 Å². The number of rotatable bonds is 5. The minimum absolute atomic E-state index is 0.115. The molecule has 0 saturated carbocycles. The van der Waals surface area contributed by atoms with E-state index < -0.39 is 4.92 Å². The third-order valence-electron chi connectivity index (χ3n) is 4.57. The van der Waals surface area contributed by atoms with Crippen molar-refractivity contribution < 1.29 is 9.45 Å². The van der Waals surface area contributed by atoms with Gasteiger partial charge in [0.2, 0.25) is 5.76 Å². The topological polar surface area (TPSA) is 74.1 Å². The molecule has 2 heterocycles. The number of fused-ring (bicyclic) bond motifs is 1. The van der Waals surface area contributed by atoms with E-state index >= 15 is 0 Å². The van der Waals surface area contributed by atoms with E-state index in [-0.39, 0.29) is 17.1 Å². The second kappa shape index (κ2) is 7.32. The van der Waals surface area contributed by atoms with Gasteiger partial charge >= 0.3 is 5.69 Å². The van der Waals surface area contributed by atoms with E-state index in [0.717, 1.165) is 22.0 Å². The van der Waals surface area contributed by atoms with E-state index in [9.17, 15) is 10.1 Å². The van der Waals surface area contributed by atoms with Gasteiger partial charge in [0, 0.05) is 34.2 Å². The second-order valence-corrected chi connectivity index (χ2v) is 6.80. The molecule has 0 bridgehead atoms. The zero-order valence-corrected chi connectivity index (χ0v) is 15.8. The number of aryl methyl sites for hydroxylation is 1. The molecule has 7 heteroatoms. The Morgan fingerprint density at radius 3 is 2.71 bits per heavy atom. The minimum atomic E-state index is -0.480. The van der Waals surface area contributed by atoms with E-state index in [1.165, 1.54) is 0 Å². The van der Waals surface area contributed by atoms with Crippen molar-refractivity contribution in [1.82, 2.24) is 9.72 Å². The van der Waals surface area contributed by atoms with E-state index in [0.29, 0.717) is 11.6 Å². The highest BCUT2D eigenvalue weighted by atomic mass is 35.5. The fraction of sp³-hybridized carbons (Fsp3) is 0.0952. The maximum absolute atomic E-state index is 11.2. The molecule has 4 rings (SSSR count). The summed E-state index contributed by atoms with van der Waals surface area (Å²) >= 11 is 6.31. The standard InChI is InChI=1S/C21H16ClN3O3/c1-14-21(25(26)27)20(28-23-14)11-10-15-12-24(19-9-5-3-7-17(15)19)13-16-6-2-4-8-18(16)22/h2-12H,13H2,1H3/b11-10+. The van der Waals surface area contributed by atoms with Crippen molar-refractivity contribution in [2.75, 3.05) is 0 Å². The van der Waals surface area contributed by atoms with Crippen molar-refractivity contribution in [3.63, 3.8) is 0 Å². The summed E-state index contributed by atoms with van der Waals surface area (Å²) in [6, 6.07) is 15.7. The highest BCUT2D eigenvalue weighted by Crippen LogP contribution is 2.28. The Kier molecular flexibility index (Phi) is 4.71. The van der Waals surface area contributed by atoms with E-state index in [4.69, 9.17) is 16.1 Å². The predicted molar refractivity (Wildman–Crippen MR) is 109 cm³/mol. The van der Waals surface area contributed by atoms with E-state index in [1.54, 1.807) is 19.1 Å². The van der Waals surface area contributed by atoms with Crippen LogP contribution in [-0.2, 0) is 6.54 Å². The lowest BCUT2D eigenvalue weighted by Crippen LogP contribution is -1.98. The number of nitro groups is 1. The molecule has 0 radical (unpaired) electrons. The summed E-state index contributed by atoms with van der Waals surface area (Å²) in [7, 11) is 0. The number of halogens is 1. The number of hydrogen-bond acceptors (Lipinski definition) is 4. The molecule has 0 fully saturated rings. The van der Waals surface area contributed by atoms with Gasteiger partial charge in [-0.2, -0.15) is 0 Å². The largest absolute Gasteiger partial charge is 0.349 e. The van der Waals surface area contributed by atoms with Crippen molar-refractivity contribution in [3.8, 4) is 0 Å². The Morgan fingerprint density at radius 1 is 1.18 bits per heavy atom. The molecule has 28 heavy (non-hydrogen) atoms. The lowest BCUT2D eigenvalue weighted by molar-refractivity contribution is -0.386. The van der Waals surface area contributed by atoms with Gasteiger partial charge in [-0.15, -0.1) is 0 Å². The molecular formula is C21H16ClN3O3. The molecule has 0 spiro atoms. The normalized spacial score (nSPS) is 11.5. The number of para-hydroxylation sites is 1. The molecule has 0 aliphatic rings. The quantitative estimate of drug-likeness (QED) is 0.321. The van der Waals surface area contributed by atoms with Crippen molar-refractivity contribution in [3.05, 3.63) is 92.4 Å². The van der Waals surface area contributed by atoms with Crippen LogP contribution in [0.25, 0.3) is 23.1 Å². The molecule has 2 aromatic carbocycles. The first-order valence-electron chi connectivity index (χ1n) is 8.64. The fourth-order valence-electron chi connectivity index (χ4n) is 3.23. The maximum atomic E-state index is 11.2. The summed E-state index contributed by atoms with van der Waals surface area (Å²) in [4.78, 5) is 10.7. The van der Waals surface area contributed by atoms with Gasteiger partial charge in [-0.3, -0.25) is 10.1 Å². The average Bonchev–Trinajstić information content (AvgIpc) is 3.22. The molecule has 2 aromatic heterocycles. The van der Waals surface area contributed by atoms with Crippen LogP contribution in [0.1, 0.15) is 22.6 Å². The fourth-order valence-corrected chi connectivity index (χ4v) is 3.42. The third kappa shape index (κ3) is 3.30. The molecule has 0 unspecified atom stereocenters. The van der Waals surface area contributed by atoms with Gasteiger partial charge < -0.3 is 9.09 Å². The van der Waals surface area contributed by atoms with Crippen molar-refractivity contribution in [2.24, 2.45) is 0 Å². The van der Waals surface area contributed by atoms with Crippen LogP contribution in [0, 0.1) is 17.0 Å². The second-order valence-electron chi connectivity index (χ2n) is 6.39. The van der Waals surface area contributed by atoms with Crippen LogP contribution in [0.3, 0.4) is 0 Å². The minimum Gasteiger partial charge on any atom is -0.349 e. The van der Waals surface area contributed by atoms with Crippen LogP contribution in [0.15, 0.2) is 59.3 Å². The average molecular weight is 394 g/mol. The van der Waals surface area contributed by atoms with Crippen LogP contribution in [0.4, 0.5) is 5.69 Å². The van der Waals surface area contributed by atoms with Gasteiger partial charge in [0.05, 0.1) is 4.92 Å². The SMILES string of the molecule is Cc1noc(/C=C/c2cn(Cc3ccccc3Cl)c3ccccc23)c1[N+](=O)[O-]. The lowest BCUT2D eigenvalue weighted by atomic mass is 10.1. The lowest BCUT2D eigenvalue weighted by Gasteiger charge is -2.07. The summed E-state index contributed by atoms with van der Waals surface area (Å²) in [5.74, 6) is 0.130.